The van der Waals surface area contributed by atoms with E-state index in [2.05, 4.69) is 9.98 Å². The maximum atomic E-state index is 14.5. The number of ether oxygens (including phenoxy) is 1. The molecule has 0 aliphatic carbocycles. The van der Waals surface area contributed by atoms with Crippen LogP contribution in [0.25, 0.3) is 5.57 Å². The first-order valence-corrected chi connectivity index (χ1v) is 10.7. The predicted octanol–water partition coefficient (Wildman–Crippen LogP) is 4.42. The van der Waals surface area contributed by atoms with Crippen molar-refractivity contribution in [2.75, 3.05) is 20.2 Å². The number of likely N-dealkylation sites (tertiary alicyclic amines) is 1. The minimum absolute atomic E-state index is 0.124. The van der Waals surface area contributed by atoms with Crippen molar-refractivity contribution in [2.24, 2.45) is 16.6 Å². The Kier molecular flexibility index (Phi) is 7.76. The van der Waals surface area contributed by atoms with Gasteiger partial charge in [-0.1, -0.05) is 37.3 Å². The Bertz CT molecular complexity index is 1090. The van der Waals surface area contributed by atoms with Gasteiger partial charge in [0, 0.05) is 37.5 Å². The standard InChI is InChI=1S/C24H25F5N4O2/c1-15-10-23(25,26)14-33(19(15)13-35-20-9-8-17(11-32-20)24(27,28)29)22(34)21(30)18(12-31-2)16-6-4-3-5-7-16/h3-9,11-12,15,19H,10,13-14,30H2,1-2H3/t15-,19-/m1/s1. The average Bonchev–Trinajstić information content (AvgIpc) is 2.80. The van der Waals surface area contributed by atoms with Crippen LogP contribution in [0.3, 0.4) is 0 Å². The lowest BCUT2D eigenvalue weighted by atomic mass is 9.88. The van der Waals surface area contributed by atoms with Crippen LogP contribution in [0.1, 0.15) is 24.5 Å². The van der Waals surface area contributed by atoms with Gasteiger partial charge in [0.15, 0.2) is 0 Å². The number of aliphatic imine (C=N–C) groups is 1. The van der Waals surface area contributed by atoms with Crippen LogP contribution in [0.5, 0.6) is 5.88 Å². The molecule has 2 atom stereocenters. The molecule has 2 aromatic rings. The first-order chi connectivity index (χ1) is 16.4. The molecule has 2 heterocycles. The molecule has 6 nitrogen and oxygen atoms in total. The lowest BCUT2D eigenvalue weighted by Crippen LogP contribution is -2.58. The van der Waals surface area contributed by atoms with Gasteiger partial charge in [-0.15, -0.1) is 0 Å². The zero-order chi connectivity index (χ0) is 25.8. The molecule has 0 unspecified atom stereocenters. The molecule has 2 N–H and O–H groups in total. The summed E-state index contributed by atoms with van der Waals surface area (Å²) in [5, 5.41) is 0. The van der Waals surface area contributed by atoms with Crippen LogP contribution in [-0.4, -0.2) is 54.2 Å². The van der Waals surface area contributed by atoms with Gasteiger partial charge in [-0.25, -0.2) is 13.8 Å². The summed E-state index contributed by atoms with van der Waals surface area (Å²) in [6.07, 6.45) is -3.05. The van der Waals surface area contributed by atoms with Crippen molar-refractivity contribution in [3.05, 3.63) is 65.5 Å². The van der Waals surface area contributed by atoms with E-state index in [0.717, 1.165) is 17.0 Å². The van der Waals surface area contributed by atoms with Gasteiger partial charge >= 0.3 is 6.18 Å². The third kappa shape index (κ3) is 6.34. The number of nitrogens with zero attached hydrogens (tertiary/aromatic N) is 3. The van der Waals surface area contributed by atoms with Crippen molar-refractivity contribution in [3.63, 3.8) is 0 Å². The molecule has 1 amide bonds. The fourth-order valence-corrected chi connectivity index (χ4v) is 3.94. The summed E-state index contributed by atoms with van der Waals surface area (Å²) in [6, 6.07) is 9.70. The second-order valence-electron chi connectivity index (χ2n) is 8.31. The number of halogens is 5. The number of allylic oxidation sites excluding steroid dienone is 1. The summed E-state index contributed by atoms with van der Waals surface area (Å²) in [5.74, 6) is -4.78. The summed E-state index contributed by atoms with van der Waals surface area (Å²) in [6.45, 7) is 0.418. The minimum Gasteiger partial charge on any atom is -0.475 e. The molecule has 3 rings (SSSR count). The highest BCUT2D eigenvalue weighted by Crippen LogP contribution is 2.36. The molecule has 0 spiro atoms. The Morgan fingerprint density at radius 3 is 2.51 bits per heavy atom. The van der Waals surface area contributed by atoms with Crippen LogP contribution in [0, 0.1) is 5.92 Å². The summed E-state index contributed by atoms with van der Waals surface area (Å²) < 4.78 is 72.7. The average molecular weight is 496 g/mol. The largest absolute Gasteiger partial charge is 0.475 e. The van der Waals surface area contributed by atoms with E-state index >= 15 is 0 Å². The Morgan fingerprint density at radius 1 is 1.26 bits per heavy atom. The Balaban J connectivity index is 1.88. The first-order valence-electron chi connectivity index (χ1n) is 10.7. The van der Waals surface area contributed by atoms with Gasteiger partial charge in [0.2, 0.25) is 5.88 Å². The van der Waals surface area contributed by atoms with Gasteiger partial charge in [0.05, 0.1) is 18.2 Å². The number of benzene rings is 1. The van der Waals surface area contributed by atoms with Gasteiger partial charge in [-0.05, 0) is 17.5 Å². The topological polar surface area (TPSA) is 80.8 Å². The van der Waals surface area contributed by atoms with Crippen LogP contribution in [0.2, 0.25) is 0 Å². The van der Waals surface area contributed by atoms with Gasteiger partial charge < -0.3 is 15.4 Å². The number of hydrogen-bond donors (Lipinski definition) is 1. The number of aromatic nitrogens is 1. The normalized spacial score (nSPS) is 21.1. The van der Waals surface area contributed by atoms with E-state index in [1.165, 1.54) is 13.3 Å². The molecule has 35 heavy (non-hydrogen) atoms. The molecule has 0 saturated carbocycles. The number of piperidine rings is 1. The predicted molar refractivity (Wildman–Crippen MR) is 121 cm³/mol. The van der Waals surface area contributed by atoms with Crippen molar-refractivity contribution in [1.82, 2.24) is 9.88 Å². The van der Waals surface area contributed by atoms with E-state index in [1.807, 2.05) is 0 Å². The van der Waals surface area contributed by atoms with E-state index in [4.69, 9.17) is 10.5 Å². The molecule has 1 fully saturated rings. The van der Waals surface area contributed by atoms with E-state index < -0.39 is 48.5 Å². The maximum Gasteiger partial charge on any atom is 0.417 e. The lowest BCUT2D eigenvalue weighted by Gasteiger charge is -2.43. The molecule has 0 radical (unpaired) electrons. The molecule has 0 bridgehead atoms. The number of carbonyl (C=O) groups excluding carboxylic acids is 1. The molecule has 1 aromatic heterocycles. The number of hydrogen-bond acceptors (Lipinski definition) is 5. The Morgan fingerprint density at radius 2 is 1.94 bits per heavy atom. The van der Waals surface area contributed by atoms with Crippen molar-refractivity contribution >= 4 is 17.7 Å². The van der Waals surface area contributed by atoms with Crippen LogP contribution in [0.4, 0.5) is 22.0 Å². The number of carbonyl (C=O) groups is 1. The summed E-state index contributed by atoms with van der Waals surface area (Å²) >= 11 is 0. The summed E-state index contributed by atoms with van der Waals surface area (Å²) in [5.41, 5.74) is 5.82. The van der Waals surface area contributed by atoms with Crippen LogP contribution in [-0.2, 0) is 11.0 Å². The van der Waals surface area contributed by atoms with E-state index in [-0.39, 0.29) is 23.8 Å². The number of rotatable bonds is 6. The van der Waals surface area contributed by atoms with Crippen molar-refractivity contribution in [2.45, 2.75) is 31.5 Å². The van der Waals surface area contributed by atoms with E-state index in [1.54, 1.807) is 37.3 Å². The monoisotopic (exact) mass is 496 g/mol. The fourth-order valence-electron chi connectivity index (χ4n) is 3.94. The van der Waals surface area contributed by atoms with E-state index in [9.17, 15) is 26.7 Å². The number of alkyl halides is 5. The SMILES string of the molecule is CN=CC(=C(N)C(=O)N1CC(F)(F)C[C@@H](C)[C@H]1COc1ccc(C(F)(F)F)cn1)c1ccccc1. The Labute approximate surface area is 199 Å². The zero-order valence-corrected chi connectivity index (χ0v) is 19.1. The highest BCUT2D eigenvalue weighted by molar-refractivity contribution is 6.18. The fraction of sp³-hybridized carbons (Fsp3) is 0.375. The quantitative estimate of drug-likeness (QED) is 0.365. The zero-order valence-electron chi connectivity index (χ0n) is 19.1. The van der Waals surface area contributed by atoms with Gasteiger partial charge in [0.1, 0.15) is 12.3 Å². The van der Waals surface area contributed by atoms with Crippen LogP contribution in [0.15, 0.2) is 59.4 Å². The third-order valence-corrected chi connectivity index (χ3v) is 5.67. The van der Waals surface area contributed by atoms with Crippen molar-refractivity contribution in [3.8, 4) is 5.88 Å². The summed E-state index contributed by atoms with van der Waals surface area (Å²) in [7, 11) is 1.49. The maximum absolute atomic E-state index is 14.5. The molecule has 1 aromatic carbocycles. The van der Waals surface area contributed by atoms with E-state index in [0.29, 0.717) is 11.8 Å². The summed E-state index contributed by atoms with van der Waals surface area (Å²) in [4.78, 5) is 21.9. The van der Waals surface area contributed by atoms with Gasteiger partial charge in [-0.3, -0.25) is 9.79 Å². The number of amides is 1. The molecule has 188 valence electrons. The van der Waals surface area contributed by atoms with Gasteiger partial charge in [0.25, 0.3) is 11.8 Å². The molecule has 1 aliphatic heterocycles. The molecule has 1 aliphatic rings. The molecular weight excluding hydrogens is 471 g/mol. The highest BCUT2D eigenvalue weighted by atomic mass is 19.4. The van der Waals surface area contributed by atoms with Crippen molar-refractivity contribution in [1.29, 1.82) is 0 Å². The third-order valence-electron chi connectivity index (χ3n) is 5.67. The Hall–Kier alpha value is -3.50. The van der Waals surface area contributed by atoms with Crippen molar-refractivity contribution < 1.29 is 31.5 Å². The molecular formula is C24H25F5N4O2. The number of nitrogens with two attached hydrogens (primary N) is 1. The van der Waals surface area contributed by atoms with Crippen LogP contribution >= 0.6 is 0 Å². The van der Waals surface area contributed by atoms with Gasteiger partial charge in [-0.2, -0.15) is 13.2 Å². The smallest absolute Gasteiger partial charge is 0.417 e. The first kappa shape index (κ1) is 26.1. The highest BCUT2D eigenvalue weighted by Gasteiger charge is 2.47. The minimum atomic E-state index is -4.56. The molecule has 1 saturated heterocycles. The molecule has 11 heteroatoms. The lowest BCUT2D eigenvalue weighted by molar-refractivity contribution is -0.151. The second kappa shape index (κ2) is 10.4. The number of pyridine rings is 1. The second-order valence-corrected chi connectivity index (χ2v) is 8.31. The van der Waals surface area contributed by atoms with Crippen LogP contribution < -0.4 is 10.5 Å².